The monoisotopic (exact) mass is 369 g/mol. The molecule has 2 atom stereocenters. The van der Waals surface area contributed by atoms with E-state index in [0.29, 0.717) is 12.2 Å². The number of hydrogen-bond acceptors (Lipinski definition) is 4. The van der Waals surface area contributed by atoms with Gasteiger partial charge in [0.05, 0.1) is 17.7 Å². The van der Waals surface area contributed by atoms with Gasteiger partial charge in [0.2, 0.25) is 5.91 Å². The topological polar surface area (TPSA) is 67.6 Å². The summed E-state index contributed by atoms with van der Waals surface area (Å²) in [5.41, 5.74) is 5.61. The number of rotatable bonds is 5. The number of hydrogen-bond donors (Lipinski definition) is 2. The fourth-order valence-electron chi connectivity index (χ4n) is 3.56. The lowest BCUT2D eigenvalue weighted by Gasteiger charge is -2.35. The van der Waals surface area contributed by atoms with E-state index in [2.05, 4.69) is 24.1 Å². The van der Waals surface area contributed by atoms with Gasteiger partial charge in [-0.1, -0.05) is 19.3 Å². The third-order valence-electron chi connectivity index (χ3n) is 4.63. The second-order valence-corrected chi connectivity index (χ2v) is 6.84. The van der Waals surface area contributed by atoms with Crippen LogP contribution in [0, 0.1) is 0 Å². The zero-order valence-electron chi connectivity index (χ0n) is 14.4. The van der Waals surface area contributed by atoms with Crippen LogP contribution >= 0.6 is 24.8 Å². The molecule has 0 aromatic heterocycles. The fourth-order valence-corrected chi connectivity index (χ4v) is 3.56. The van der Waals surface area contributed by atoms with Crippen LogP contribution in [0.4, 0.5) is 0 Å². The first-order valence-corrected chi connectivity index (χ1v) is 8.44. The molecule has 1 saturated carbocycles. The lowest BCUT2D eigenvalue weighted by atomic mass is 9.82. The molecule has 0 spiro atoms. The van der Waals surface area contributed by atoms with Crippen molar-refractivity contribution in [1.82, 2.24) is 10.2 Å². The number of amides is 1. The maximum Gasteiger partial charge on any atom is 0.240 e. The highest BCUT2D eigenvalue weighted by molar-refractivity contribution is 5.86. The third-order valence-corrected chi connectivity index (χ3v) is 4.63. The summed E-state index contributed by atoms with van der Waals surface area (Å²) in [6.07, 6.45) is 6.60. The molecule has 2 fully saturated rings. The van der Waals surface area contributed by atoms with Gasteiger partial charge in [-0.25, -0.2) is 0 Å². The zero-order valence-corrected chi connectivity index (χ0v) is 16.0. The molecular weight excluding hydrogens is 337 g/mol. The van der Waals surface area contributed by atoms with E-state index in [1.807, 2.05) is 0 Å². The molecular formula is C16H33Cl2N3O2. The largest absolute Gasteiger partial charge is 0.373 e. The van der Waals surface area contributed by atoms with Gasteiger partial charge < -0.3 is 15.8 Å². The highest BCUT2D eigenvalue weighted by Gasteiger charge is 2.34. The first-order chi connectivity index (χ1) is 9.99. The van der Waals surface area contributed by atoms with E-state index < -0.39 is 5.54 Å². The van der Waals surface area contributed by atoms with Gasteiger partial charge in [-0.05, 0) is 33.1 Å². The van der Waals surface area contributed by atoms with Crippen molar-refractivity contribution in [3.63, 3.8) is 0 Å². The fraction of sp³-hybridized carbons (Fsp3) is 0.938. The summed E-state index contributed by atoms with van der Waals surface area (Å²) in [5, 5.41) is 3.03. The van der Waals surface area contributed by atoms with Gasteiger partial charge in [-0.15, -0.1) is 24.8 Å². The van der Waals surface area contributed by atoms with E-state index in [-0.39, 0.29) is 30.7 Å². The molecule has 0 radical (unpaired) electrons. The number of nitrogens with one attached hydrogen (secondary N) is 1. The highest BCUT2D eigenvalue weighted by atomic mass is 35.5. The van der Waals surface area contributed by atoms with Gasteiger partial charge in [0, 0.05) is 26.2 Å². The number of carbonyl (C=O) groups is 1. The summed E-state index contributed by atoms with van der Waals surface area (Å²) in [5.74, 6) is 0.0471. The Balaban J connectivity index is 0.00000242. The second kappa shape index (κ2) is 10.7. The molecule has 3 N–H and O–H groups in total. The Morgan fingerprint density at radius 3 is 2.30 bits per heavy atom. The molecule has 0 bridgehead atoms. The number of carbonyl (C=O) groups excluding carboxylic acids is 1. The number of ether oxygens (including phenoxy) is 1. The smallest absolute Gasteiger partial charge is 0.240 e. The average molecular weight is 370 g/mol. The van der Waals surface area contributed by atoms with Crippen LogP contribution in [-0.4, -0.2) is 54.7 Å². The Labute approximate surface area is 152 Å². The Bertz CT molecular complexity index is 342. The number of nitrogens with zero attached hydrogens (tertiary/aromatic N) is 1. The molecule has 0 aromatic carbocycles. The van der Waals surface area contributed by atoms with Crippen molar-refractivity contribution in [3.05, 3.63) is 0 Å². The predicted molar refractivity (Wildman–Crippen MR) is 98.6 cm³/mol. The van der Waals surface area contributed by atoms with E-state index in [4.69, 9.17) is 10.5 Å². The summed E-state index contributed by atoms with van der Waals surface area (Å²) >= 11 is 0. The number of halogens is 2. The first-order valence-electron chi connectivity index (χ1n) is 8.44. The van der Waals surface area contributed by atoms with Gasteiger partial charge in [-0.2, -0.15) is 0 Å². The van der Waals surface area contributed by atoms with Gasteiger partial charge in [0.25, 0.3) is 0 Å². The van der Waals surface area contributed by atoms with Crippen LogP contribution in [0.5, 0.6) is 0 Å². The molecule has 2 aliphatic rings. The normalized spacial score (nSPS) is 27.4. The number of morpholine rings is 1. The lowest BCUT2D eigenvalue weighted by Crippen LogP contribution is -2.55. The molecule has 1 saturated heterocycles. The molecule has 1 aliphatic heterocycles. The molecule has 1 aliphatic carbocycles. The van der Waals surface area contributed by atoms with Gasteiger partial charge >= 0.3 is 0 Å². The van der Waals surface area contributed by atoms with Gasteiger partial charge in [-0.3, -0.25) is 9.69 Å². The van der Waals surface area contributed by atoms with Crippen LogP contribution in [0.2, 0.25) is 0 Å². The van der Waals surface area contributed by atoms with E-state index in [9.17, 15) is 4.79 Å². The Kier molecular flexibility index (Phi) is 10.7. The molecule has 138 valence electrons. The van der Waals surface area contributed by atoms with Gasteiger partial charge in [0.15, 0.2) is 0 Å². The minimum absolute atomic E-state index is 0. The highest BCUT2D eigenvalue weighted by Crippen LogP contribution is 2.25. The molecule has 0 aromatic rings. The lowest BCUT2D eigenvalue weighted by molar-refractivity contribution is -0.127. The van der Waals surface area contributed by atoms with Crippen molar-refractivity contribution in [2.45, 2.75) is 70.1 Å². The van der Waals surface area contributed by atoms with Crippen molar-refractivity contribution in [2.24, 2.45) is 5.73 Å². The van der Waals surface area contributed by atoms with Crippen molar-refractivity contribution in [2.75, 3.05) is 26.2 Å². The summed E-state index contributed by atoms with van der Waals surface area (Å²) in [6, 6.07) is 0. The first kappa shape index (κ1) is 22.9. The van der Waals surface area contributed by atoms with Crippen molar-refractivity contribution in [3.8, 4) is 0 Å². The van der Waals surface area contributed by atoms with Crippen LogP contribution in [0.1, 0.15) is 52.4 Å². The second-order valence-electron chi connectivity index (χ2n) is 6.84. The summed E-state index contributed by atoms with van der Waals surface area (Å²) < 4.78 is 5.73. The Morgan fingerprint density at radius 2 is 1.74 bits per heavy atom. The van der Waals surface area contributed by atoms with Crippen LogP contribution < -0.4 is 11.1 Å². The van der Waals surface area contributed by atoms with E-state index >= 15 is 0 Å². The minimum Gasteiger partial charge on any atom is -0.373 e. The zero-order chi connectivity index (χ0) is 15.3. The molecule has 2 unspecified atom stereocenters. The van der Waals surface area contributed by atoms with Crippen LogP contribution in [0.15, 0.2) is 0 Å². The quantitative estimate of drug-likeness (QED) is 0.728. The van der Waals surface area contributed by atoms with Crippen LogP contribution in [0.25, 0.3) is 0 Å². The molecule has 1 amide bonds. The van der Waals surface area contributed by atoms with Crippen molar-refractivity contribution in [1.29, 1.82) is 0 Å². The molecule has 1 heterocycles. The summed E-state index contributed by atoms with van der Waals surface area (Å²) in [4.78, 5) is 14.6. The predicted octanol–water partition coefficient (Wildman–Crippen LogP) is 2.11. The van der Waals surface area contributed by atoms with E-state index in [1.54, 1.807) is 0 Å². The van der Waals surface area contributed by atoms with Crippen molar-refractivity contribution >= 4 is 30.7 Å². The number of nitrogens with two attached hydrogens (primary N) is 1. The van der Waals surface area contributed by atoms with E-state index in [1.165, 1.54) is 6.42 Å². The molecule has 2 rings (SSSR count). The molecule has 7 heteroatoms. The minimum atomic E-state index is -0.611. The Morgan fingerprint density at radius 1 is 1.17 bits per heavy atom. The Hall–Kier alpha value is -0.0700. The van der Waals surface area contributed by atoms with Crippen LogP contribution in [0.3, 0.4) is 0 Å². The summed E-state index contributed by atoms with van der Waals surface area (Å²) in [7, 11) is 0. The summed E-state index contributed by atoms with van der Waals surface area (Å²) in [6.45, 7) is 7.93. The third kappa shape index (κ3) is 7.14. The molecule has 5 nitrogen and oxygen atoms in total. The van der Waals surface area contributed by atoms with Crippen LogP contribution in [-0.2, 0) is 9.53 Å². The van der Waals surface area contributed by atoms with E-state index in [0.717, 1.165) is 58.3 Å². The SMILES string of the molecule is CC1CN(CCCNC(=O)C2(N)CCCCC2)CC(C)O1.Cl.Cl. The average Bonchev–Trinajstić information content (AvgIpc) is 2.43. The maximum absolute atomic E-state index is 12.2. The molecule has 23 heavy (non-hydrogen) atoms. The van der Waals surface area contributed by atoms with Gasteiger partial charge in [0.1, 0.15) is 0 Å². The standard InChI is InChI=1S/C16H31N3O2.2ClH/c1-13-11-19(12-14(2)21-13)10-6-9-18-15(20)16(17)7-4-3-5-8-16;;/h13-14H,3-12,17H2,1-2H3,(H,18,20);2*1H. The maximum atomic E-state index is 12.2. The van der Waals surface area contributed by atoms with Crippen molar-refractivity contribution < 1.29 is 9.53 Å².